The summed E-state index contributed by atoms with van der Waals surface area (Å²) in [5.41, 5.74) is -1.49. The Morgan fingerprint density at radius 3 is 2.42 bits per heavy atom. The van der Waals surface area contributed by atoms with Crippen LogP contribution >= 0.6 is 11.6 Å². The topological polar surface area (TPSA) is 73.9 Å². The molecule has 1 aliphatic carbocycles. The molecule has 170 valence electrons. The smallest absolute Gasteiger partial charge is 0.411 e. The number of amides is 2. The van der Waals surface area contributed by atoms with E-state index in [1.807, 2.05) is 9.80 Å². The van der Waals surface area contributed by atoms with Crippen LogP contribution in [0.4, 0.5) is 18.9 Å². The molecule has 1 saturated carbocycles. The second kappa shape index (κ2) is 8.14. The number of ether oxygens (including phenoxy) is 1. The summed E-state index contributed by atoms with van der Waals surface area (Å²) in [6.07, 6.45) is -3.65. The molecule has 2 bridgehead atoms. The maximum absolute atomic E-state index is 13.0. The number of piperazine rings is 1. The van der Waals surface area contributed by atoms with E-state index in [0.29, 0.717) is 29.5 Å². The number of rotatable bonds is 7. The fourth-order valence-electron chi connectivity index (χ4n) is 4.39. The first-order valence-electron chi connectivity index (χ1n) is 10.1. The zero-order valence-electron chi connectivity index (χ0n) is 17.0. The third-order valence-corrected chi connectivity index (χ3v) is 6.39. The van der Waals surface area contributed by atoms with Crippen molar-refractivity contribution in [2.75, 3.05) is 38.6 Å². The van der Waals surface area contributed by atoms with E-state index in [9.17, 15) is 22.8 Å². The second-order valence-electron chi connectivity index (χ2n) is 8.47. The van der Waals surface area contributed by atoms with Gasteiger partial charge in [0.15, 0.2) is 0 Å². The Labute approximate surface area is 182 Å². The van der Waals surface area contributed by atoms with Crippen LogP contribution in [-0.2, 0) is 9.59 Å². The molecule has 0 radical (unpaired) electrons. The number of anilines is 1. The Kier molecular flexibility index (Phi) is 5.82. The lowest BCUT2D eigenvalue weighted by Gasteiger charge is -2.56. The van der Waals surface area contributed by atoms with E-state index in [-0.39, 0.29) is 43.9 Å². The van der Waals surface area contributed by atoms with Crippen LogP contribution in [0.3, 0.4) is 0 Å². The molecule has 0 spiro atoms. The number of benzene rings is 1. The highest BCUT2D eigenvalue weighted by atomic mass is 35.5. The molecule has 2 N–H and O–H groups in total. The summed E-state index contributed by atoms with van der Waals surface area (Å²) in [5.74, 6) is -0.254. The fraction of sp³-hybridized carbons (Fsp3) is 0.600. The van der Waals surface area contributed by atoms with Gasteiger partial charge in [-0.2, -0.15) is 13.2 Å². The van der Waals surface area contributed by atoms with Gasteiger partial charge in [-0.15, -0.1) is 0 Å². The highest BCUT2D eigenvalue weighted by molar-refractivity contribution is 6.31. The van der Waals surface area contributed by atoms with Gasteiger partial charge in [0.2, 0.25) is 11.8 Å². The van der Waals surface area contributed by atoms with Gasteiger partial charge in [0.25, 0.3) is 0 Å². The summed E-state index contributed by atoms with van der Waals surface area (Å²) in [6, 6.07) is 5.06. The largest absolute Gasteiger partial charge is 0.497 e. The standard InChI is InChI=1S/C20H24ClF3N4O3/c1-31-16-5-12(21)4-13(6-16)25-17(29)10-27-8-14-7-15(9-27)28(14)11-18(30)26-19(2-3-19)20(22,23)24/h4-6,14-15H,2-3,7-11H2,1H3,(H,25,29)(H,26,30). The first-order valence-corrected chi connectivity index (χ1v) is 10.5. The highest BCUT2D eigenvalue weighted by Gasteiger charge is 2.64. The Morgan fingerprint density at radius 2 is 1.84 bits per heavy atom. The summed E-state index contributed by atoms with van der Waals surface area (Å²) in [5, 5.41) is 5.42. The van der Waals surface area contributed by atoms with E-state index >= 15 is 0 Å². The third kappa shape index (κ3) is 4.75. The maximum atomic E-state index is 13.0. The Morgan fingerprint density at radius 1 is 1.16 bits per heavy atom. The van der Waals surface area contributed by atoms with Gasteiger partial charge < -0.3 is 15.4 Å². The summed E-state index contributed by atoms with van der Waals surface area (Å²) in [4.78, 5) is 28.5. The SMILES string of the molecule is COc1cc(Cl)cc(NC(=O)CN2CC3CC(C2)N3CC(=O)NC2(C(F)(F)F)CC2)c1. The quantitative estimate of drug-likeness (QED) is 0.653. The molecule has 7 nitrogen and oxygen atoms in total. The molecule has 2 unspecified atom stereocenters. The van der Waals surface area contributed by atoms with Gasteiger partial charge in [0.1, 0.15) is 11.3 Å². The molecule has 4 fully saturated rings. The van der Waals surface area contributed by atoms with Crippen molar-refractivity contribution in [2.24, 2.45) is 0 Å². The number of alkyl halides is 3. The van der Waals surface area contributed by atoms with Gasteiger partial charge in [0, 0.05) is 41.9 Å². The zero-order valence-corrected chi connectivity index (χ0v) is 17.7. The molecule has 5 rings (SSSR count). The summed E-state index contributed by atoms with van der Waals surface area (Å²) >= 11 is 6.01. The molecule has 2 amide bonds. The average molecular weight is 461 g/mol. The first kappa shape index (κ1) is 22.2. The number of hydrogen-bond acceptors (Lipinski definition) is 5. The van der Waals surface area contributed by atoms with E-state index in [1.165, 1.54) is 7.11 Å². The Balaban J connectivity index is 1.25. The summed E-state index contributed by atoms with van der Waals surface area (Å²) in [7, 11) is 1.51. The lowest BCUT2D eigenvalue weighted by Crippen LogP contribution is -2.70. The lowest BCUT2D eigenvalue weighted by molar-refractivity contribution is -0.172. The molecule has 1 aromatic carbocycles. The van der Waals surface area contributed by atoms with E-state index < -0.39 is 17.6 Å². The number of fused-ring (bicyclic) bond motifs is 2. The normalized spacial score (nSPS) is 24.8. The van der Waals surface area contributed by atoms with E-state index in [2.05, 4.69) is 10.6 Å². The van der Waals surface area contributed by atoms with Crippen molar-refractivity contribution in [3.8, 4) is 5.75 Å². The Hall–Kier alpha value is -2.04. The molecule has 2 atom stereocenters. The second-order valence-corrected chi connectivity index (χ2v) is 8.90. The van der Waals surface area contributed by atoms with Gasteiger partial charge in [-0.1, -0.05) is 11.6 Å². The number of halogens is 4. The van der Waals surface area contributed by atoms with E-state index in [0.717, 1.165) is 6.42 Å². The van der Waals surface area contributed by atoms with Crippen molar-refractivity contribution in [2.45, 2.75) is 43.1 Å². The van der Waals surface area contributed by atoms with Crippen LogP contribution in [0.25, 0.3) is 0 Å². The molecule has 3 saturated heterocycles. The molecule has 1 aromatic rings. The summed E-state index contributed by atoms with van der Waals surface area (Å²) < 4.78 is 44.2. The van der Waals surface area contributed by atoms with Gasteiger partial charge >= 0.3 is 6.18 Å². The molecular formula is C20H24ClF3N4O3. The first-order chi connectivity index (χ1) is 14.6. The predicted octanol–water partition coefficient (Wildman–Crippen LogP) is 2.26. The summed E-state index contributed by atoms with van der Waals surface area (Å²) in [6.45, 7) is 1.30. The lowest BCUT2D eigenvalue weighted by atomic mass is 9.87. The molecule has 3 heterocycles. The van der Waals surface area contributed by atoms with Crippen molar-refractivity contribution < 1.29 is 27.5 Å². The number of carbonyl (C=O) groups excluding carboxylic acids is 2. The fourth-order valence-corrected chi connectivity index (χ4v) is 4.62. The average Bonchev–Trinajstić information content (AvgIpc) is 3.46. The van der Waals surface area contributed by atoms with Crippen molar-refractivity contribution in [1.82, 2.24) is 15.1 Å². The monoisotopic (exact) mass is 460 g/mol. The molecule has 3 aliphatic heterocycles. The van der Waals surface area contributed by atoms with Gasteiger partial charge in [0.05, 0.1) is 20.2 Å². The molecule has 31 heavy (non-hydrogen) atoms. The van der Waals surface area contributed by atoms with Crippen molar-refractivity contribution >= 4 is 29.1 Å². The number of methoxy groups -OCH3 is 1. The zero-order chi connectivity index (χ0) is 22.4. The van der Waals surface area contributed by atoms with Crippen LogP contribution < -0.4 is 15.4 Å². The number of carbonyl (C=O) groups is 2. The Bertz CT molecular complexity index is 866. The third-order valence-electron chi connectivity index (χ3n) is 6.18. The number of hydrogen-bond donors (Lipinski definition) is 2. The predicted molar refractivity (Wildman–Crippen MR) is 108 cm³/mol. The highest BCUT2D eigenvalue weighted by Crippen LogP contribution is 2.49. The minimum Gasteiger partial charge on any atom is -0.497 e. The van der Waals surface area contributed by atoms with Crippen molar-refractivity contribution in [3.63, 3.8) is 0 Å². The van der Waals surface area contributed by atoms with Gasteiger partial charge in [-0.05, 0) is 31.4 Å². The molecule has 11 heteroatoms. The van der Waals surface area contributed by atoms with Crippen LogP contribution in [-0.4, -0.2) is 78.7 Å². The van der Waals surface area contributed by atoms with Gasteiger partial charge in [-0.25, -0.2) is 0 Å². The van der Waals surface area contributed by atoms with Crippen LogP contribution in [0.15, 0.2) is 18.2 Å². The van der Waals surface area contributed by atoms with Crippen molar-refractivity contribution in [1.29, 1.82) is 0 Å². The molecule has 4 aliphatic rings. The van der Waals surface area contributed by atoms with Crippen LogP contribution in [0.5, 0.6) is 5.75 Å². The van der Waals surface area contributed by atoms with E-state index in [1.54, 1.807) is 18.2 Å². The van der Waals surface area contributed by atoms with Crippen molar-refractivity contribution in [3.05, 3.63) is 23.2 Å². The van der Waals surface area contributed by atoms with Gasteiger partial charge in [-0.3, -0.25) is 19.4 Å². The maximum Gasteiger partial charge on any atom is 0.411 e. The molecular weight excluding hydrogens is 437 g/mol. The molecule has 0 aromatic heterocycles. The van der Waals surface area contributed by atoms with E-state index in [4.69, 9.17) is 16.3 Å². The van der Waals surface area contributed by atoms with Crippen LogP contribution in [0.2, 0.25) is 5.02 Å². The van der Waals surface area contributed by atoms with Crippen LogP contribution in [0, 0.1) is 0 Å². The number of piperidine rings is 1. The van der Waals surface area contributed by atoms with Crippen LogP contribution in [0.1, 0.15) is 19.3 Å². The number of nitrogens with zero attached hydrogens (tertiary/aromatic N) is 2. The minimum absolute atomic E-state index is 0.0461. The minimum atomic E-state index is -4.41. The number of nitrogens with one attached hydrogen (secondary N) is 2.